The Bertz CT molecular complexity index is 595. The number of hydrogen-bond donors (Lipinski definition) is 1. The number of aromatic amines is 1. The van der Waals surface area contributed by atoms with Crippen molar-refractivity contribution in [1.82, 2.24) is 0 Å². The molecule has 1 aliphatic heterocycles. The molecule has 3 rings (SSSR count). The van der Waals surface area contributed by atoms with Gasteiger partial charge in [-0.05, 0) is 31.0 Å². The highest BCUT2D eigenvalue weighted by molar-refractivity contribution is 9.10. The van der Waals surface area contributed by atoms with Crippen LogP contribution in [0.3, 0.4) is 0 Å². The summed E-state index contributed by atoms with van der Waals surface area (Å²) < 4.78 is 1.06. The van der Waals surface area contributed by atoms with Crippen LogP contribution in [0.1, 0.15) is 12.0 Å². The van der Waals surface area contributed by atoms with E-state index in [1.165, 1.54) is 17.8 Å². The van der Waals surface area contributed by atoms with Crippen LogP contribution in [-0.4, -0.2) is 13.6 Å². The lowest BCUT2D eigenvalue weighted by atomic mass is 10.0. The van der Waals surface area contributed by atoms with Crippen molar-refractivity contribution < 1.29 is 4.98 Å². The molecule has 0 radical (unpaired) electrons. The fraction of sp³-hybridized carbons (Fsp3) is 0.308. The summed E-state index contributed by atoms with van der Waals surface area (Å²) in [6.45, 7) is 1.09. The number of rotatable bonds is 0. The Balaban J connectivity index is 2.35. The molecule has 1 aromatic carbocycles. The van der Waals surface area contributed by atoms with Crippen LogP contribution in [0.25, 0.3) is 10.9 Å². The minimum atomic E-state index is 0.918. The van der Waals surface area contributed by atoms with E-state index in [1.807, 2.05) is 6.07 Å². The first kappa shape index (κ1) is 10.8. The number of benzene rings is 1. The van der Waals surface area contributed by atoms with Crippen molar-refractivity contribution in [2.45, 2.75) is 12.8 Å². The molecule has 4 heteroatoms. The lowest BCUT2D eigenvalue weighted by Crippen LogP contribution is -2.32. The zero-order chi connectivity index (χ0) is 12.0. The molecule has 0 unspecified atom stereocenters. The molecule has 0 amide bonds. The molecule has 0 spiro atoms. The number of pyridine rings is 1. The second kappa shape index (κ2) is 3.88. The van der Waals surface area contributed by atoms with Gasteiger partial charge in [-0.25, -0.2) is 4.98 Å². The molecule has 0 aliphatic carbocycles. The van der Waals surface area contributed by atoms with Gasteiger partial charge < -0.3 is 5.73 Å². The molecule has 17 heavy (non-hydrogen) atoms. The zero-order valence-electron chi connectivity index (χ0n) is 9.76. The summed E-state index contributed by atoms with van der Waals surface area (Å²) in [6, 6.07) is 6.18. The molecule has 0 atom stereocenters. The van der Waals surface area contributed by atoms with E-state index < -0.39 is 0 Å². The summed E-state index contributed by atoms with van der Waals surface area (Å²) >= 11 is 3.49. The molecule has 2 heterocycles. The molecule has 0 bridgehead atoms. The fourth-order valence-corrected chi connectivity index (χ4v) is 2.89. The predicted molar refractivity (Wildman–Crippen MR) is 74.2 cm³/mol. The number of halogens is 1. The molecule has 2 aromatic rings. The Hall–Kier alpha value is -1.29. The Labute approximate surface area is 109 Å². The minimum absolute atomic E-state index is 0.918. The highest BCUT2D eigenvalue weighted by Crippen LogP contribution is 2.32. The number of nitrogens with two attached hydrogens (primary N) is 1. The maximum Gasteiger partial charge on any atom is 0.279 e. The minimum Gasteiger partial charge on any atom is -0.398 e. The third kappa shape index (κ3) is 1.67. The predicted octanol–water partition coefficient (Wildman–Crippen LogP) is 2.38. The number of H-pyrrole nitrogens is 1. The van der Waals surface area contributed by atoms with Crippen LogP contribution >= 0.6 is 15.9 Å². The van der Waals surface area contributed by atoms with Gasteiger partial charge in [0, 0.05) is 9.86 Å². The first-order chi connectivity index (χ1) is 8.16. The van der Waals surface area contributed by atoms with Gasteiger partial charge in [0.05, 0.1) is 24.8 Å². The second-order valence-corrected chi connectivity index (χ2v) is 5.50. The van der Waals surface area contributed by atoms with Gasteiger partial charge in [-0.15, -0.1) is 0 Å². The van der Waals surface area contributed by atoms with Gasteiger partial charge in [0.25, 0.3) is 5.82 Å². The Morgan fingerprint density at radius 2 is 2.24 bits per heavy atom. The molecule has 0 fully saturated rings. The zero-order valence-corrected chi connectivity index (χ0v) is 11.3. The summed E-state index contributed by atoms with van der Waals surface area (Å²) in [5, 5.41) is 1.11. The third-order valence-electron chi connectivity index (χ3n) is 3.44. The van der Waals surface area contributed by atoms with E-state index >= 15 is 0 Å². The molecule has 3 nitrogen and oxygen atoms in total. The van der Waals surface area contributed by atoms with Gasteiger partial charge in [0.2, 0.25) is 0 Å². The summed E-state index contributed by atoms with van der Waals surface area (Å²) in [5.74, 6) is 1.17. The number of fused-ring (bicyclic) bond motifs is 2. The van der Waals surface area contributed by atoms with Crippen molar-refractivity contribution in [2.24, 2.45) is 0 Å². The highest BCUT2D eigenvalue weighted by Gasteiger charge is 2.25. The summed E-state index contributed by atoms with van der Waals surface area (Å²) in [7, 11) is 2.11. The third-order valence-corrected chi connectivity index (χ3v) is 3.93. The first-order valence-electron chi connectivity index (χ1n) is 5.81. The second-order valence-electron chi connectivity index (χ2n) is 4.58. The van der Waals surface area contributed by atoms with Crippen LogP contribution < -0.4 is 15.6 Å². The number of nitrogens with one attached hydrogen (secondary N) is 1. The molecule has 1 aromatic heterocycles. The normalized spacial score (nSPS) is 15.1. The molecular weight excluding hydrogens is 278 g/mol. The largest absolute Gasteiger partial charge is 0.398 e. The number of anilines is 2. The van der Waals surface area contributed by atoms with Crippen molar-refractivity contribution in [2.75, 3.05) is 24.2 Å². The topological polar surface area (TPSA) is 43.4 Å². The molecule has 88 valence electrons. The van der Waals surface area contributed by atoms with Gasteiger partial charge in [-0.1, -0.05) is 15.9 Å². The lowest BCUT2D eigenvalue weighted by molar-refractivity contribution is -0.331. The monoisotopic (exact) mass is 292 g/mol. The average Bonchev–Trinajstić information content (AvgIpc) is 2.32. The van der Waals surface area contributed by atoms with Gasteiger partial charge in [-0.3, -0.25) is 4.90 Å². The average molecular weight is 293 g/mol. The van der Waals surface area contributed by atoms with E-state index in [1.54, 1.807) is 0 Å². The van der Waals surface area contributed by atoms with E-state index in [9.17, 15) is 0 Å². The van der Waals surface area contributed by atoms with Crippen LogP contribution in [0, 0.1) is 0 Å². The first-order valence-corrected chi connectivity index (χ1v) is 6.60. The number of hydrogen-bond acceptors (Lipinski definition) is 2. The van der Waals surface area contributed by atoms with Crippen LogP contribution in [0.2, 0.25) is 0 Å². The summed E-state index contributed by atoms with van der Waals surface area (Å²) in [4.78, 5) is 5.74. The Morgan fingerprint density at radius 3 is 3.06 bits per heavy atom. The van der Waals surface area contributed by atoms with E-state index in [4.69, 9.17) is 5.73 Å². The van der Waals surface area contributed by atoms with Gasteiger partial charge in [0.1, 0.15) is 5.52 Å². The number of nitrogen functional groups attached to an aromatic ring is 1. The Kier molecular flexibility index (Phi) is 2.47. The van der Waals surface area contributed by atoms with Crippen molar-refractivity contribution >= 4 is 38.3 Å². The van der Waals surface area contributed by atoms with E-state index in [0.29, 0.717) is 0 Å². The van der Waals surface area contributed by atoms with E-state index in [2.05, 4.69) is 45.0 Å². The molecular formula is C13H15BrN3+. The quantitative estimate of drug-likeness (QED) is 0.810. The number of nitrogens with zero attached hydrogens (tertiary/aromatic N) is 1. The van der Waals surface area contributed by atoms with Crippen LogP contribution in [0.4, 0.5) is 11.5 Å². The lowest BCUT2D eigenvalue weighted by Gasteiger charge is -2.21. The van der Waals surface area contributed by atoms with Gasteiger partial charge in [0.15, 0.2) is 0 Å². The smallest absolute Gasteiger partial charge is 0.279 e. The SMILES string of the molecule is CN1CCCc2c1[nH+]c1ccc(Br)cc1c2N. The van der Waals surface area contributed by atoms with Crippen LogP contribution in [0.5, 0.6) is 0 Å². The van der Waals surface area contributed by atoms with Gasteiger partial charge in [-0.2, -0.15) is 0 Å². The fourth-order valence-electron chi connectivity index (χ4n) is 2.53. The summed E-state index contributed by atoms with van der Waals surface area (Å²) in [6.07, 6.45) is 2.23. The van der Waals surface area contributed by atoms with Crippen molar-refractivity contribution in [3.63, 3.8) is 0 Å². The maximum absolute atomic E-state index is 6.30. The number of aromatic nitrogens is 1. The molecule has 3 N–H and O–H groups in total. The molecule has 0 saturated carbocycles. The van der Waals surface area contributed by atoms with E-state index in [0.717, 1.165) is 34.0 Å². The van der Waals surface area contributed by atoms with Crippen molar-refractivity contribution in [3.8, 4) is 0 Å². The summed E-state index contributed by atoms with van der Waals surface area (Å²) in [5.41, 5.74) is 9.57. The van der Waals surface area contributed by atoms with Crippen LogP contribution in [-0.2, 0) is 6.42 Å². The van der Waals surface area contributed by atoms with Crippen LogP contribution in [0.15, 0.2) is 22.7 Å². The maximum atomic E-state index is 6.30. The molecule has 1 aliphatic rings. The van der Waals surface area contributed by atoms with Crippen molar-refractivity contribution in [3.05, 3.63) is 28.2 Å². The Morgan fingerprint density at radius 1 is 1.41 bits per heavy atom. The highest BCUT2D eigenvalue weighted by atomic mass is 79.9. The van der Waals surface area contributed by atoms with E-state index in [-0.39, 0.29) is 0 Å². The van der Waals surface area contributed by atoms with Crippen molar-refractivity contribution in [1.29, 1.82) is 0 Å². The standard InChI is InChI=1S/C13H14BrN3/c1-17-6-2-3-9-12(15)10-7-8(14)4-5-11(10)16-13(9)17/h4-5,7H,2-3,6H2,1H3,(H2,15,16)/p+1. The van der Waals surface area contributed by atoms with Gasteiger partial charge >= 0.3 is 0 Å². The molecule has 0 saturated heterocycles.